The summed E-state index contributed by atoms with van der Waals surface area (Å²) in [4.78, 5) is 16.9. The Balaban J connectivity index is 1.36. The van der Waals surface area contributed by atoms with E-state index in [1.165, 1.54) is 12.8 Å². The second-order valence-electron chi connectivity index (χ2n) is 7.67. The molecule has 4 rings (SSSR count). The van der Waals surface area contributed by atoms with Gasteiger partial charge in [0.05, 0.1) is 29.3 Å². The molecule has 0 spiro atoms. The fourth-order valence-corrected chi connectivity index (χ4v) is 4.68. The largest absolute Gasteiger partial charge is 0.376 e. The van der Waals surface area contributed by atoms with Crippen LogP contribution in [0.15, 0.2) is 5.38 Å². The summed E-state index contributed by atoms with van der Waals surface area (Å²) in [5.41, 5.74) is 0.877. The van der Waals surface area contributed by atoms with Gasteiger partial charge in [0.15, 0.2) is 0 Å². The Bertz CT molecular complexity index is 587. The van der Waals surface area contributed by atoms with E-state index in [-0.39, 0.29) is 18.1 Å². The molecule has 132 valence electrons. The Kier molecular flexibility index (Phi) is 4.88. The van der Waals surface area contributed by atoms with Crippen molar-refractivity contribution >= 4 is 17.2 Å². The molecule has 2 N–H and O–H groups in total. The van der Waals surface area contributed by atoms with E-state index in [2.05, 4.69) is 15.6 Å². The number of hydrogen-bond acceptors (Lipinski definition) is 5. The molecule has 0 bridgehead atoms. The number of amides is 1. The number of carbonyl (C=O) groups is 1. The molecule has 1 amide bonds. The fourth-order valence-electron chi connectivity index (χ4n) is 4.07. The summed E-state index contributed by atoms with van der Waals surface area (Å²) >= 11 is 1.60. The van der Waals surface area contributed by atoms with Crippen LogP contribution in [-0.4, -0.2) is 42.7 Å². The van der Waals surface area contributed by atoms with Crippen molar-refractivity contribution in [2.75, 3.05) is 19.7 Å². The van der Waals surface area contributed by atoms with E-state index >= 15 is 0 Å². The molecule has 0 unspecified atom stereocenters. The van der Waals surface area contributed by atoms with Crippen LogP contribution in [0.2, 0.25) is 0 Å². The number of aromatic nitrogens is 1. The van der Waals surface area contributed by atoms with Crippen LogP contribution in [0.5, 0.6) is 0 Å². The maximum atomic E-state index is 12.5. The number of fused-ring (bicyclic) bond motifs is 1. The number of ether oxygens (including phenoxy) is 1. The molecule has 0 radical (unpaired) electrons. The van der Waals surface area contributed by atoms with Crippen molar-refractivity contribution in [3.05, 3.63) is 16.1 Å². The van der Waals surface area contributed by atoms with Gasteiger partial charge in [0.2, 0.25) is 5.91 Å². The molecule has 1 aliphatic heterocycles. The van der Waals surface area contributed by atoms with Crippen LogP contribution in [0.25, 0.3) is 0 Å². The minimum atomic E-state index is 0.0785. The summed E-state index contributed by atoms with van der Waals surface area (Å²) in [6, 6.07) is 0.150. The zero-order valence-corrected chi connectivity index (χ0v) is 15.1. The number of hydrogen-bond donors (Lipinski definition) is 2. The van der Waals surface area contributed by atoms with E-state index in [9.17, 15) is 4.79 Å². The van der Waals surface area contributed by atoms with Gasteiger partial charge in [-0.15, -0.1) is 11.3 Å². The lowest BCUT2D eigenvalue weighted by Gasteiger charge is -2.38. The molecular formula is C18H27N3O2S. The van der Waals surface area contributed by atoms with E-state index in [0.29, 0.717) is 18.3 Å². The summed E-state index contributed by atoms with van der Waals surface area (Å²) in [5, 5.41) is 9.75. The molecule has 2 saturated carbocycles. The summed E-state index contributed by atoms with van der Waals surface area (Å²) in [5.74, 6) is 2.23. The molecule has 1 saturated heterocycles. The summed E-state index contributed by atoms with van der Waals surface area (Å²) < 4.78 is 6.23. The molecule has 5 nitrogen and oxygen atoms in total. The summed E-state index contributed by atoms with van der Waals surface area (Å²) in [6.07, 6.45) is 5.27. The third kappa shape index (κ3) is 3.98. The third-order valence-corrected chi connectivity index (χ3v) is 6.44. The molecule has 2 aliphatic carbocycles. The van der Waals surface area contributed by atoms with E-state index in [0.717, 1.165) is 49.2 Å². The molecule has 24 heavy (non-hydrogen) atoms. The van der Waals surface area contributed by atoms with Gasteiger partial charge >= 0.3 is 0 Å². The van der Waals surface area contributed by atoms with E-state index in [4.69, 9.17) is 4.74 Å². The van der Waals surface area contributed by atoms with E-state index in [1.54, 1.807) is 11.3 Å². The van der Waals surface area contributed by atoms with Gasteiger partial charge in [-0.05, 0) is 63.5 Å². The topological polar surface area (TPSA) is 63.2 Å². The number of thiazole rings is 1. The smallest absolute Gasteiger partial charge is 0.226 e. The highest BCUT2D eigenvalue weighted by Crippen LogP contribution is 2.36. The Labute approximate surface area is 147 Å². The quantitative estimate of drug-likeness (QED) is 0.823. The van der Waals surface area contributed by atoms with Gasteiger partial charge in [0, 0.05) is 12.0 Å². The van der Waals surface area contributed by atoms with Crippen molar-refractivity contribution in [3.8, 4) is 0 Å². The van der Waals surface area contributed by atoms with Crippen molar-refractivity contribution in [1.82, 2.24) is 15.6 Å². The number of nitrogens with one attached hydrogen (secondary N) is 2. The lowest BCUT2D eigenvalue weighted by molar-refractivity contribution is -0.123. The van der Waals surface area contributed by atoms with Gasteiger partial charge in [-0.1, -0.05) is 0 Å². The average molecular weight is 350 g/mol. The monoisotopic (exact) mass is 349 g/mol. The number of aryl methyl sites for hydroxylation is 1. The standard InChI is InChI=1S/C18H27N3O2S/c1-11-20-15(10-24-11)6-18(22)21-16-4-13-7-19-8-14(13)5-17(16)23-9-12-2-3-12/h10,12-14,16-17,19H,2-9H2,1H3,(H,21,22)/t13-,14+,16-,17-/m0/s1. The van der Waals surface area contributed by atoms with Crippen molar-refractivity contribution < 1.29 is 9.53 Å². The first-order valence-electron chi connectivity index (χ1n) is 9.20. The first-order valence-corrected chi connectivity index (χ1v) is 10.1. The lowest BCUT2D eigenvalue weighted by Crippen LogP contribution is -2.51. The molecule has 6 heteroatoms. The Morgan fingerprint density at radius 1 is 1.38 bits per heavy atom. The number of nitrogens with zero attached hydrogens (tertiary/aromatic N) is 1. The van der Waals surface area contributed by atoms with Gasteiger partial charge in [-0.3, -0.25) is 4.79 Å². The minimum absolute atomic E-state index is 0.0785. The Morgan fingerprint density at radius 2 is 2.17 bits per heavy atom. The van der Waals surface area contributed by atoms with Crippen LogP contribution in [0.3, 0.4) is 0 Å². The second-order valence-corrected chi connectivity index (χ2v) is 8.74. The predicted molar refractivity (Wildman–Crippen MR) is 94.0 cm³/mol. The van der Waals surface area contributed by atoms with Crippen LogP contribution in [0, 0.1) is 24.7 Å². The number of carbonyl (C=O) groups excluding carboxylic acids is 1. The second kappa shape index (κ2) is 7.10. The van der Waals surface area contributed by atoms with E-state index < -0.39 is 0 Å². The molecule has 4 atom stereocenters. The molecule has 3 aliphatic rings. The van der Waals surface area contributed by atoms with Gasteiger partial charge in [-0.25, -0.2) is 4.98 Å². The zero-order valence-electron chi connectivity index (χ0n) is 14.3. The van der Waals surface area contributed by atoms with Crippen molar-refractivity contribution in [1.29, 1.82) is 0 Å². The van der Waals surface area contributed by atoms with Gasteiger partial charge in [0.25, 0.3) is 0 Å². The molecule has 1 aromatic heterocycles. The molecule has 3 fully saturated rings. The first-order chi connectivity index (χ1) is 11.7. The molecule has 2 heterocycles. The highest BCUT2D eigenvalue weighted by atomic mass is 32.1. The predicted octanol–water partition coefficient (Wildman–Crippen LogP) is 1.90. The zero-order chi connectivity index (χ0) is 16.5. The van der Waals surface area contributed by atoms with Gasteiger partial charge in [0.1, 0.15) is 0 Å². The average Bonchev–Trinajstić information content (AvgIpc) is 3.13. The first kappa shape index (κ1) is 16.5. The van der Waals surface area contributed by atoms with Crippen LogP contribution in [0.1, 0.15) is 36.4 Å². The fraction of sp³-hybridized carbons (Fsp3) is 0.778. The third-order valence-electron chi connectivity index (χ3n) is 5.62. The van der Waals surface area contributed by atoms with Crippen LogP contribution < -0.4 is 10.6 Å². The Morgan fingerprint density at radius 3 is 2.88 bits per heavy atom. The SMILES string of the molecule is Cc1nc(CC(=O)N[C@H]2C[C@H]3CNC[C@H]3C[C@@H]2OCC2CC2)cs1. The highest BCUT2D eigenvalue weighted by Gasteiger charge is 2.41. The molecular weight excluding hydrogens is 322 g/mol. The minimum Gasteiger partial charge on any atom is -0.376 e. The number of rotatable bonds is 6. The lowest BCUT2D eigenvalue weighted by atomic mass is 9.77. The van der Waals surface area contributed by atoms with Crippen LogP contribution >= 0.6 is 11.3 Å². The Hall–Kier alpha value is -0.980. The maximum absolute atomic E-state index is 12.5. The normalized spacial score (nSPS) is 32.5. The van der Waals surface area contributed by atoms with Crippen molar-refractivity contribution in [2.45, 2.75) is 51.2 Å². The van der Waals surface area contributed by atoms with Gasteiger partial charge in [-0.2, -0.15) is 0 Å². The molecule has 0 aromatic carbocycles. The van der Waals surface area contributed by atoms with Crippen LogP contribution in [-0.2, 0) is 16.0 Å². The summed E-state index contributed by atoms with van der Waals surface area (Å²) in [7, 11) is 0. The van der Waals surface area contributed by atoms with Crippen molar-refractivity contribution in [2.24, 2.45) is 17.8 Å². The molecule has 1 aromatic rings. The van der Waals surface area contributed by atoms with Gasteiger partial charge < -0.3 is 15.4 Å². The highest BCUT2D eigenvalue weighted by molar-refractivity contribution is 7.09. The van der Waals surface area contributed by atoms with Crippen molar-refractivity contribution in [3.63, 3.8) is 0 Å². The van der Waals surface area contributed by atoms with Crippen LogP contribution in [0.4, 0.5) is 0 Å². The van der Waals surface area contributed by atoms with E-state index in [1.807, 2.05) is 12.3 Å². The summed E-state index contributed by atoms with van der Waals surface area (Å²) in [6.45, 7) is 5.03. The maximum Gasteiger partial charge on any atom is 0.226 e.